The van der Waals surface area contributed by atoms with E-state index in [9.17, 15) is 22.8 Å². The van der Waals surface area contributed by atoms with Gasteiger partial charge in [0.15, 0.2) is 11.4 Å². The third-order valence-corrected chi connectivity index (χ3v) is 6.95. The van der Waals surface area contributed by atoms with Crippen LogP contribution in [0.15, 0.2) is 63.5 Å². The minimum absolute atomic E-state index is 0.0890. The van der Waals surface area contributed by atoms with Gasteiger partial charge in [0.05, 0.1) is 34.0 Å². The summed E-state index contributed by atoms with van der Waals surface area (Å²) < 4.78 is 49.9. The van der Waals surface area contributed by atoms with Crippen LogP contribution in [0.1, 0.15) is 30.5 Å². The van der Waals surface area contributed by atoms with Crippen LogP contribution in [0, 0.1) is 0 Å². The van der Waals surface area contributed by atoms with Crippen molar-refractivity contribution in [2.45, 2.75) is 25.6 Å². The van der Waals surface area contributed by atoms with E-state index < -0.39 is 30.4 Å². The number of aromatic nitrogens is 1. The largest absolute Gasteiger partial charge is 0.482 e. The Bertz CT molecular complexity index is 1560. The van der Waals surface area contributed by atoms with Crippen LogP contribution < -0.4 is 19.6 Å². The maximum atomic E-state index is 13.7. The smallest absolute Gasteiger partial charge is 0.422 e. The van der Waals surface area contributed by atoms with Crippen LogP contribution in [0.5, 0.6) is 5.75 Å². The molecule has 0 saturated carbocycles. The quantitative estimate of drug-likeness (QED) is 0.389. The average molecular weight is 571 g/mol. The number of thiazole rings is 1. The Morgan fingerprint density at radius 2 is 1.92 bits per heavy atom. The van der Waals surface area contributed by atoms with Crippen molar-refractivity contribution >= 4 is 46.6 Å². The Morgan fingerprint density at radius 3 is 2.54 bits per heavy atom. The van der Waals surface area contributed by atoms with Gasteiger partial charge < -0.3 is 9.47 Å². The number of rotatable bonds is 6. The fourth-order valence-corrected chi connectivity index (χ4v) is 5.52. The van der Waals surface area contributed by atoms with Crippen molar-refractivity contribution in [2.75, 3.05) is 13.7 Å². The topological polar surface area (TPSA) is 69.9 Å². The van der Waals surface area contributed by atoms with E-state index in [4.69, 9.17) is 32.7 Å². The molecule has 3 aromatic rings. The summed E-state index contributed by atoms with van der Waals surface area (Å²) in [5.74, 6) is -0.883. The molecule has 37 heavy (non-hydrogen) atoms. The summed E-state index contributed by atoms with van der Waals surface area (Å²) in [6, 6.07) is 10.7. The lowest BCUT2D eigenvalue weighted by Gasteiger charge is -2.25. The Balaban J connectivity index is 1.96. The van der Waals surface area contributed by atoms with Crippen LogP contribution >= 0.6 is 34.5 Å². The number of hydrogen-bond acceptors (Lipinski definition) is 6. The van der Waals surface area contributed by atoms with E-state index in [-0.39, 0.29) is 31.5 Å². The molecule has 0 N–H and O–H groups in total. The number of carbonyl (C=O) groups is 1. The Morgan fingerprint density at radius 1 is 1.22 bits per heavy atom. The maximum Gasteiger partial charge on any atom is 0.422 e. The van der Waals surface area contributed by atoms with Gasteiger partial charge in [0.25, 0.3) is 5.56 Å². The molecular formula is C25H19Cl2F3N2O4S. The molecule has 0 spiro atoms. The highest BCUT2D eigenvalue weighted by Gasteiger charge is 2.34. The summed E-state index contributed by atoms with van der Waals surface area (Å²) in [5, 5.41) is 0.00553. The number of methoxy groups -OCH3 is 1. The molecule has 0 aliphatic carbocycles. The van der Waals surface area contributed by atoms with Crippen molar-refractivity contribution in [3.05, 3.63) is 94.6 Å². The molecule has 12 heteroatoms. The summed E-state index contributed by atoms with van der Waals surface area (Å²) in [6.45, 7) is 0.253. The number of halogens is 5. The number of benzene rings is 2. The Kier molecular flexibility index (Phi) is 7.82. The van der Waals surface area contributed by atoms with Crippen LogP contribution in [0.4, 0.5) is 13.2 Å². The molecule has 0 fully saturated rings. The highest BCUT2D eigenvalue weighted by atomic mass is 35.5. The third kappa shape index (κ3) is 5.61. The number of ether oxygens (including phenoxy) is 2. The fourth-order valence-electron chi connectivity index (χ4n) is 3.95. The lowest BCUT2D eigenvalue weighted by molar-refractivity contribution is -0.153. The molecule has 1 aliphatic heterocycles. The molecule has 2 aromatic carbocycles. The van der Waals surface area contributed by atoms with Crippen molar-refractivity contribution in [1.82, 2.24) is 4.57 Å². The maximum absolute atomic E-state index is 13.7. The zero-order chi connectivity index (χ0) is 26.9. The van der Waals surface area contributed by atoms with Gasteiger partial charge in [-0.05, 0) is 30.2 Å². The molecule has 0 bridgehead atoms. The van der Waals surface area contributed by atoms with Gasteiger partial charge in [0, 0.05) is 10.6 Å². The molecule has 1 atom stereocenters. The van der Waals surface area contributed by atoms with Crippen molar-refractivity contribution < 1.29 is 27.4 Å². The lowest BCUT2D eigenvalue weighted by atomic mass is 9.95. The highest BCUT2D eigenvalue weighted by molar-refractivity contribution is 7.07. The average Bonchev–Trinajstić information content (AvgIpc) is 3.16. The molecule has 2 heterocycles. The summed E-state index contributed by atoms with van der Waals surface area (Å²) in [7, 11) is 1.25. The first-order valence-electron chi connectivity index (χ1n) is 10.9. The first-order valence-corrected chi connectivity index (χ1v) is 12.5. The van der Waals surface area contributed by atoms with Gasteiger partial charge in [-0.1, -0.05) is 71.8 Å². The van der Waals surface area contributed by atoms with Crippen molar-refractivity contribution in [2.24, 2.45) is 4.99 Å². The third-order valence-electron chi connectivity index (χ3n) is 5.47. The first-order chi connectivity index (χ1) is 17.5. The zero-order valence-electron chi connectivity index (χ0n) is 19.4. The lowest BCUT2D eigenvalue weighted by Crippen LogP contribution is -2.40. The second-order valence-corrected chi connectivity index (χ2v) is 9.76. The van der Waals surface area contributed by atoms with Crippen LogP contribution in [0.3, 0.4) is 0 Å². The van der Waals surface area contributed by atoms with Crippen molar-refractivity contribution in [3.8, 4) is 5.75 Å². The number of nitrogens with zero attached hydrogens (tertiary/aromatic N) is 2. The summed E-state index contributed by atoms with van der Waals surface area (Å²) >= 11 is 13.2. The predicted molar refractivity (Wildman–Crippen MR) is 135 cm³/mol. The summed E-state index contributed by atoms with van der Waals surface area (Å²) in [5.41, 5.74) is 0.943. The zero-order valence-corrected chi connectivity index (χ0v) is 21.8. The van der Waals surface area contributed by atoms with E-state index in [1.54, 1.807) is 30.3 Å². The fraction of sp³-hybridized carbons (Fsp3) is 0.240. The summed E-state index contributed by atoms with van der Waals surface area (Å²) in [6.07, 6.45) is -2.85. The van der Waals surface area contributed by atoms with Crippen LogP contribution in [0.2, 0.25) is 10.0 Å². The Labute approximate surface area is 222 Å². The molecule has 194 valence electrons. The van der Waals surface area contributed by atoms with E-state index in [0.29, 0.717) is 22.5 Å². The number of allylic oxidation sites excluding steroid dienone is 1. The molecule has 0 saturated heterocycles. The molecular weight excluding hydrogens is 552 g/mol. The highest BCUT2D eigenvalue weighted by Crippen LogP contribution is 2.35. The minimum atomic E-state index is -4.60. The molecule has 0 amide bonds. The molecule has 1 aliphatic rings. The normalized spacial score (nSPS) is 15.9. The van der Waals surface area contributed by atoms with Gasteiger partial charge in [-0.3, -0.25) is 9.36 Å². The van der Waals surface area contributed by atoms with E-state index in [1.807, 2.05) is 6.92 Å². The first kappa shape index (κ1) is 27.0. The van der Waals surface area contributed by atoms with Crippen LogP contribution in [-0.4, -0.2) is 30.4 Å². The number of hydrogen-bond donors (Lipinski definition) is 0. The number of carbonyl (C=O) groups excluding carboxylic acids is 1. The van der Waals surface area contributed by atoms with Gasteiger partial charge in [0.1, 0.15) is 5.75 Å². The van der Waals surface area contributed by atoms with Gasteiger partial charge in [-0.2, -0.15) is 13.2 Å². The van der Waals surface area contributed by atoms with Crippen molar-refractivity contribution in [1.29, 1.82) is 0 Å². The van der Waals surface area contributed by atoms with Crippen LogP contribution in [0.25, 0.3) is 6.08 Å². The van der Waals surface area contributed by atoms with Gasteiger partial charge in [-0.25, -0.2) is 9.79 Å². The number of esters is 1. The monoisotopic (exact) mass is 570 g/mol. The van der Waals surface area contributed by atoms with Gasteiger partial charge >= 0.3 is 12.1 Å². The molecule has 0 radical (unpaired) electrons. The molecule has 1 aromatic heterocycles. The minimum Gasteiger partial charge on any atom is -0.482 e. The van der Waals surface area contributed by atoms with Gasteiger partial charge in [-0.15, -0.1) is 0 Å². The van der Waals surface area contributed by atoms with Crippen molar-refractivity contribution in [3.63, 3.8) is 0 Å². The second-order valence-electron chi connectivity index (χ2n) is 7.91. The second kappa shape index (κ2) is 10.7. The van der Waals surface area contributed by atoms with Gasteiger partial charge in [0.2, 0.25) is 0 Å². The van der Waals surface area contributed by atoms with E-state index in [2.05, 4.69) is 4.99 Å². The molecule has 6 nitrogen and oxygen atoms in total. The SMILES string of the molecule is CCC1=C(C(=O)OC)[C@@H](c2ccccc2)n2c(s/c(=C/c3cc(Cl)cc(Cl)c3OCC(F)(F)F)c2=O)=N1. The standard InChI is InChI=1S/C25H19Cl2F3N2O4S/c1-3-17-19(23(34)35-2)20(13-7-5-4-6-8-13)32-22(33)18(37-24(32)31-17)10-14-9-15(26)11-16(27)21(14)36-12-25(28,29)30/h4-11,20H,3,12H2,1-2H3/b18-10+/t20-/m1/s1. The van der Waals surface area contributed by atoms with E-state index in [0.717, 1.165) is 11.3 Å². The summed E-state index contributed by atoms with van der Waals surface area (Å²) in [4.78, 5) is 31.4. The van der Waals surface area contributed by atoms with Crippen LogP contribution in [-0.2, 0) is 9.53 Å². The number of alkyl halides is 3. The molecule has 0 unspecified atom stereocenters. The molecule has 4 rings (SSSR count). The van der Waals surface area contributed by atoms with E-state index in [1.165, 1.54) is 29.9 Å². The Hall–Kier alpha value is -3.08. The van der Waals surface area contributed by atoms with E-state index >= 15 is 0 Å². The number of fused-ring (bicyclic) bond motifs is 1. The predicted octanol–water partition coefficient (Wildman–Crippen LogP) is 5.05.